The highest BCUT2D eigenvalue weighted by Crippen LogP contribution is 2.31. The van der Waals surface area contributed by atoms with Gasteiger partial charge >= 0.3 is 0 Å². The first-order valence-corrected chi connectivity index (χ1v) is 11.7. The van der Waals surface area contributed by atoms with Gasteiger partial charge < -0.3 is 9.73 Å². The molecule has 2 heterocycles. The zero-order chi connectivity index (χ0) is 23.7. The van der Waals surface area contributed by atoms with Crippen LogP contribution in [-0.4, -0.2) is 22.5 Å². The van der Waals surface area contributed by atoms with E-state index < -0.39 is 0 Å². The minimum absolute atomic E-state index is 0.259. The maximum atomic E-state index is 13.2. The van der Waals surface area contributed by atoms with Crippen LogP contribution < -0.4 is 10.7 Å². The fourth-order valence-corrected chi connectivity index (χ4v) is 4.59. The second-order valence-corrected chi connectivity index (χ2v) is 9.00. The zero-order valence-electron chi connectivity index (χ0n) is 18.4. The molecule has 0 saturated heterocycles. The van der Waals surface area contributed by atoms with Gasteiger partial charge in [0.15, 0.2) is 5.76 Å². The van der Waals surface area contributed by atoms with E-state index in [9.17, 15) is 9.59 Å². The number of aromatic nitrogens is 1. The van der Waals surface area contributed by atoms with Crippen molar-refractivity contribution in [1.29, 1.82) is 0 Å². The van der Waals surface area contributed by atoms with Crippen molar-refractivity contribution in [1.82, 2.24) is 10.4 Å². The number of benzene rings is 2. The van der Waals surface area contributed by atoms with Crippen LogP contribution in [0.1, 0.15) is 50.6 Å². The molecule has 4 aromatic rings. The Hall–Kier alpha value is -3.78. The fourth-order valence-electron chi connectivity index (χ4n) is 4.23. The van der Waals surface area contributed by atoms with Crippen LogP contribution in [0.2, 0.25) is 0 Å². The Morgan fingerprint density at radius 1 is 1.06 bits per heavy atom. The molecule has 34 heavy (non-hydrogen) atoms. The monoisotopic (exact) mass is 516 g/mol. The lowest BCUT2D eigenvalue weighted by Crippen LogP contribution is -2.22. The molecular formula is C26H21BrN4O3. The molecule has 2 aromatic carbocycles. The number of carbonyl (C=O) groups is 2. The predicted octanol–water partition coefficient (Wildman–Crippen LogP) is 5.62. The summed E-state index contributed by atoms with van der Waals surface area (Å²) in [5.74, 6) is 0.300. The zero-order valence-corrected chi connectivity index (χ0v) is 20.0. The molecule has 5 rings (SSSR count). The van der Waals surface area contributed by atoms with Crippen molar-refractivity contribution in [2.75, 3.05) is 5.32 Å². The first-order valence-electron chi connectivity index (χ1n) is 10.9. The summed E-state index contributed by atoms with van der Waals surface area (Å²) in [6.45, 7) is 1.85. The van der Waals surface area contributed by atoms with E-state index >= 15 is 0 Å². The van der Waals surface area contributed by atoms with Gasteiger partial charge in [-0.05, 0) is 53.2 Å². The van der Waals surface area contributed by atoms with Gasteiger partial charge in [-0.1, -0.05) is 36.4 Å². The average molecular weight is 517 g/mol. The first-order chi connectivity index (χ1) is 16.5. The molecule has 8 heteroatoms. The Morgan fingerprint density at radius 2 is 1.88 bits per heavy atom. The van der Waals surface area contributed by atoms with E-state index in [0.29, 0.717) is 39.9 Å². The van der Waals surface area contributed by atoms with Gasteiger partial charge in [0.1, 0.15) is 5.76 Å². The quantitative estimate of drug-likeness (QED) is 0.344. The van der Waals surface area contributed by atoms with Crippen molar-refractivity contribution in [3.8, 4) is 0 Å². The molecule has 0 unspecified atom stereocenters. The Morgan fingerprint density at radius 3 is 2.74 bits per heavy atom. The molecule has 170 valence electrons. The maximum Gasteiger partial charge on any atom is 0.291 e. The van der Waals surface area contributed by atoms with Crippen LogP contribution >= 0.6 is 15.9 Å². The normalized spacial score (nSPS) is 14.1. The number of amides is 2. The third kappa shape index (κ3) is 4.24. The molecule has 2 amide bonds. The third-order valence-electron chi connectivity index (χ3n) is 5.83. The van der Waals surface area contributed by atoms with Crippen LogP contribution in [0.4, 0.5) is 5.69 Å². The first kappa shape index (κ1) is 22.0. The molecule has 2 aromatic heterocycles. The number of carbonyl (C=O) groups excluding carboxylic acids is 2. The number of hydrazone groups is 1. The van der Waals surface area contributed by atoms with E-state index in [1.165, 1.54) is 6.20 Å². The number of anilines is 1. The van der Waals surface area contributed by atoms with E-state index in [4.69, 9.17) is 4.42 Å². The van der Waals surface area contributed by atoms with Gasteiger partial charge in [0.2, 0.25) is 0 Å². The van der Waals surface area contributed by atoms with Crippen molar-refractivity contribution >= 4 is 49.9 Å². The highest BCUT2D eigenvalue weighted by Gasteiger charge is 2.28. The third-order valence-corrected chi connectivity index (χ3v) is 6.26. The van der Waals surface area contributed by atoms with Crippen molar-refractivity contribution in [2.45, 2.75) is 26.2 Å². The van der Waals surface area contributed by atoms with Crippen molar-refractivity contribution in [2.24, 2.45) is 5.10 Å². The van der Waals surface area contributed by atoms with Crippen molar-refractivity contribution in [3.63, 3.8) is 0 Å². The number of hydrogen-bond acceptors (Lipinski definition) is 5. The van der Waals surface area contributed by atoms with Gasteiger partial charge in [-0.2, -0.15) is 5.10 Å². The minimum atomic E-state index is -0.358. The molecule has 7 nitrogen and oxygen atoms in total. The summed E-state index contributed by atoms with van der Waals surface area (Å²) in [4.78, 5) is 29.7. The Labute approximate surface area is 204 Å². The van der Waals surface area contributed by atoms with Crippen LogP contribution in [-0.2, 0) is 6.42 Å². The van der Waals surface area contributed by atoms with Crippen LogP contribution in [0.25, 0.3) is 10.8 Å². The molecule has 0 spiro atoms. The summed E-state index contributed by atoms with van der Waals surface area (Å²) in [5.41, 5.74) is 5.93. The minimum Gasteiger partial charge on any atom is -0.455 e. The number of fused-ring (bicyclic) bond motifs is 2. The summed E-state index contributed by atoms with van der Waals surface area (Å²) < 4.78 is 6.71. The van der Waals surface area contributed by atoms with Crippen molar-refractivity contribution in [3.05, 3.63) is 93.6 Å². The molecule has 0 atom stereocenters. The summed E-state index contributed by atoms with van der Waals surface area (Å²) >= 11 is 3.31. The fraction of sp³-hybridized carbons (Fsp3) is 0.154. The highest BCUT2D eigenvalue weighted by molar-refractivity contribution is 9.10. The van der Waals surface area contributed by atoms with Gasteiger partial charge in [-0.3, -0.25) is 14.6 Å². The van der Waals surface area contributed by atoms with E-state index in [2.05, 4.69) is 36.8 Å². The Kier molecular flexibility index (Phi) is 5.98. The predicted molar refractivity (Wildman–Crippen MR) is 134 cm³/mol. The van der Waals surface area contributed by atoms with Gasteiger partial charge in [0.05, 0.1) is 11.3 Å². The second-order valence-electron chi connectivity index (χ2n) is 8.08. The number of furan rings is 1. The summed E-state index contributed by atoms with van der Waals surface area (Å²) in [7, 11) is 0. The van der Waals surface area contributed by atoms with Crippen LogP contribution in [0, 0.1) is 6.92 Å². The van der Waals surface area contributed by atoms with Gasteiger partial charge in [0, 0.05) is 45.5 Å². The standard InChI is InChI=1S/C26H21BrN4O3/c1-15-23-21(30-31-25(32)17-12-18(27)14-28-13-17)10-5-11-22(23)34-24(15)26(33)29-20-9-4-7-16-6-2-3-8-19(16)20/h2-4,6-9,12-14H,5,10-11H2,1H3,(H,29,33)(H,31,32)/b30-21+. The number of nitrogens with one attached hydrogen (secondary N) is 2. The molecule has 0 fully saturated rings. The molecule has 0 saturated carbocycles. The number of nitrogens with zero attached hydrogens (tertiary/aromatic N) is 2. The second kappa shape index (κ2) is 9.23. The Balaban J connectivity index is 1.41. The SMILES string of the molecule is Cc1c(C(=O)Nc2cccc3ccccc23)oc2c1/C(=N/NC(=O)c1cncc(Br)c1)CCC2. The number of hydrogen-bond donors (Lipinski definition) is 2. The van der Waals surface area contributed by atoms with Gasteiger partial charge in [0.25, 0.3) is 11.8 Å². The van der Waals surface area contributed by atoms with Crippen LogP contribution in [0.3, 0.4) is 0 Å². The summed E-state index contributed by atoms with van der Waals surface area (Å²) in [5, 5.41) is 9.36. The molecule has 1 aliphatic rings. The summed E-state index contributed by atoms with van der Waals surface area (Å²) in [6, 6.07) is 15.3. The summed E-state index contributed by atoms with van der Waals surface area (Å²) in [6.07, 6.45) is 5.29. The van der Waals surface area contributed by atoms with E-state index in [1.807, 2.05) is 49.4 Å². The smallest absolute Gasteiger partial charge is 0.291 e. The van der Waals surface area contributed by atoms with Gasteiger partial charge in [-0.25, -0.2) is 5.43 Å². The van der Waals surface area contributed by atoms with Crippen molar-refractivity contribution < 1.29 is 14.0 Å². The maximum absolute atomic E-state index is 13.2. The van der Waals surface area contributed by atoms with E-state index in [0.717, 1.165) is 28.4 Å². The Bertz CT molecular complexity index is 1450. The average Bonchev–Trinajstić information content (AvgIpc) is 3.20. The number of pyridine rings is 1. The lowest BCUT2D eigenvalue weighted by Gasteiger charge is -2.13. The van der Waals surface area contributed by atoms with Crippen LogP contribution in [0.5, 0.6) is 0 Å². The molecule has 0 radical (unpaired) electrons. The molecular weight excluding hydrogens is 496 g/mol. The molecule has 0 bridgehead atoms. The lowest BCUT2D eigenvalue weighted by molar-refractivity contribution is 0.0953. The number of halogens is 1. The highest BCUT2D eigenvalue weighted by atomic mass is 79.9. The van der Waals surface area contributed by atoms with E-state index in [1.54, 1.807) is 12.3 Å². The van der Waals surface area contributed by atoms with Crippen LogP contribution in [0.15, 0.2) is 74.9 Å². The van der Waals surface area contributed by atoms with Gasteiger partial charge in [-0.15, -0.1) is 0 Å². The number of aryl methyl sites for hydroxylation is 1. The number of rotatable bonds is 4. The molecule has 0 aliphatic heterocycles. The molecule has 1 aliphatic carbocycles. The van der Waals surface area contributed by atoms with E-state index in [-0.39, 0.29) is 17.6 Å². The lowest BCUT2D eigenvalue weighted by atomic mass is 9.93. The topological polar surface area (TPSA) is 96.6 Å². The molecule has 2 N–H and O–H groups in total. The largest absolute Gasteiger partial charge is 0.455 e.